The van der Waals surface area contributed by atoms with Crippen molar-refractivity contribution in [3.05, 3.63) is 29.3 Å². The quantitative estimate of drug-likeness (QED) is 0.716. The van der Waals surface area contributed by atoms with Crippen molar-refractivity contribution in [2.75, 3.05) is 11.9 Å². The number of halogens is 1. The van der Waals surface area contributed by atoms with E-state index in [1.807, 2.05) is 0 Å². The van der Waals surface area contributed by atoms with Crippen LogP contribution >= 0.6 is 15.9 Å². The van der Waals surface area contributed by atoms with Crippen molar-refractivity contribution >= 4 is 15.9 Å². The fraction of sp³-hybridized carbons (Fsp3) is 0.647. The average Bonchev–Trinajstić information content (AvgIpc) is 2.93. The lowest BCUT2D eigenvalue weighted by Gasteiger charge is -2.35. The maximum atomic E-state index is 6.14. The Kier molecular flexibility index (Phi) is 4.16. The molecule has 1 nitrogen and oxygen atoms in total. The topological polar surface area (TPSA) is 9.23 Å². The highest BCUT2D eigenvalue weighted by Crippen LogP contribution is 2.38. The van der Waals surface area contributed by atoms with Crippen molar-refractivity contribution in [1.29, 1.82) is 0 Å². The second-order valence-electron chi connectivity index (χ2n) is 6.27. The number of ether oxygens (including phenoxy) is 1. The molecule has 0 amide bonds. The Morgan fingerprint density at radius 3 is 2.58 bits per heavy atom. The molecule has 0 aromatic heterocycles. The van der Waals surface area contributed by atoms with E-state index in [-0.39, 0.29) is 0 Å². The summed E-state index contributed by atoms with van der Waals surface area (Å²) in [6, 6.07) is 6.70. The lowest BCUT2D eigenvalue weighted by atomic mass is 9.76. The second kappa shape index (κ2) is 5.87. The number of hydrogen-bond acceptors (Lipinski definition) is 1. The molecule has 19 heavy (non-hydrogen) atoms. The van der Waals surface area contributed by atoms with Gasteiger partial charge in [0.1, 0.15) is 5.75 Å². The summed E-state index contributed by atoms with van der Waals surface area (Å²) in [5.74, 6) is 1.08. The Bertz CT molecular complexity index is 435. The molecule has 104 valence electrons. The zero-order valence-corrected chi connectivity index (χ0v) is 13.2. The summed E-state index contributed by atoms with van der Waals surface area (Å²) in [6.07, 6.45) is 10.5. The third kappa shape index (κ3) is 2.99. The lowest BCUT2D eigenvalue weighted by molar-refractivity contribution is 0.122. The molecule has 0 bridgehead atoms. The fourth-order valence-corrected chi connectivity index (χ4v) is 4.22. The summed E-state index contributed by atoms with van der Waals surface area (Å²) in [6.45, 7) is 0.872. The van der Waals surface area contributed by atoms with Crippen LogP contribution in [0.4, 0.5) is 0 Å². The summed E-state index contributed by atoms with van der Waals surface area (Å²) >= 11 is 3.71. The number of fused-ring (bicyclic) bond motifs is 1. The molecule has 0 N–H and O–H groups in total. The van der Waals surface area contributed by atoms with Gasteiger partial charge in [-0.25, -0.2) is 0 Å². The maximum absolute atomic E-state index is 6.14. The smallest absolute Gasteiger partial charge is 0.119 e. The Balaban J connectivity index is 1.65. The van der Waals surface area contributed by atoms with E-state index in [1.54, 1.807) is 0 Å². The highest BCUT2D eigenvalue weighted by atomic mass is 79.9. The summed E-state index contributed by atoms with van der Waals surface area (Å²) in [5, 5.41) is 1.07. The third-order valence-corrected chi connectivity index (χ3v) is 6.00. The molecule has 0 spiro atoms. The van der Waals surface area contributed by atoms with Crippen LogP contribution in [-0.2, 0) is 12.8 Å². The van der Waals surface area contributed by atoms with E-state index in [0.29, 0.717) is 5.41 Å². The maximum Gasteiger partial charge on any atom is 0.119 e. The fourth-order valence-electron chi connectivity index (χ4n) is 3.49. The predicted molar refractivity (Wildman–Crippen MR) is 83.3 cm³/mol. The number of aryl methyl sites for hydroxylation is 2. The van der Waals surface area contributed by atoms with Crippen LogP contribution in [0.25, 0.3) is 0 Å². The van der Waals surface area contributed by atoms with Crippen molar-refractivity contribution in [3.8, 4) is 5.75 Å². The second-order valence-corrected chi connectivity index (χ2v) is 6.83. The Morgan fingerprint density at radius 2 is 1.79 bits per heavy atom. The molecule has 0 aliphatic heterocycles. The van der Waals surface area contributed by atoms with Crippen molar-refractivity contribution in [1.82, 2.24) is 0 Å². The van der Waals surface area contributed by atoms with E-state index in [2.05, 4.69) is 34.1 Å². The number of benzene rings is 1. The van der Waals surface area contributed by atoms with Crippen molar-refractivity contribution in [3.63, 3.8) is 0 Å². The molecule has 0 heterocycles. The first-order chi connectivity index (χ1) is 9.31. The van der Waals surface area contributed by atoms with Gasteiger partial charge in [0.2, 0.25) is 0 Å². The zero-order valence-electron chi connectivity index (χ0n) is 11.6. The van der Waals surface area contributed by atoms with E-state index in [4.69, 9.17) is 4.74 Å². The van der Waals surface area contributed by atoms with Crippen molar-refractivity contribution in [2.24, 2.45) is 5.41 Å². The molecule has 1 aromatic carbocycles. The van der Waals surface area contributed by atoms with Gasteiger partial charge in [-0.15, -0.1) is 0 Å². The van der Waals surface area contributed by atoms with Gasteiger partial charge in [0, 0.05) is 10.7 Å². The van der Waals surface area contributed by atoms with Gasteiger partial charge in [-0.3, -0.25) is 0 Å². The van der Waals surface area contributed by atoms with Crippen molar-refractivity contribution < 1.29 is 4.74 Å². The molecule has 1 fully saturated rings. The first kappa shape index (κ1) is 13.5. The average molecular weight is 323 g/mol. The van der Waals surface area contributed by atoms with Crippen molar-refractivity contribution in [2.45, 2.75) is 51.4 Å². The van der Waals surface area contributed by atoms with E-state index in [0.717, 1.165) is 17.7 Å². The first-order valence-corrected chi connectivity index (χ1v) is 8.74. The summed E-state index contributed by atoms with van der Waals surface area (Å²) < 4.78 is 6.14. The summed E-state index contributed by atoms with van der Waals surface area (Å²) in [7, 11) is 0. The molecular formula is C17H23BrO. The highest BCUT2D eigenvalue weighted by Gasteiger charge is 2.31. The van der Waals surface area contributed by atoms with Crippen LogP contribution in [0.3, 0.4) is 0 Å². The Morgan fingerprint density at radius 1 is 1.00 bits per heavy atom. The number of rotatable bonds is 4. The molecule has 0 radical (unpaired) electrons. The Hall–Kier alpha value is -0.500. The van der Waals surface area contributed by atoms with Gasteiger partial charge in [0.25, 0.3) is 0 Å². The molecule has 2 aliphatic rings. The zero-order chi connectivity index (χ0) is 13.1. The van der Waals surface area contributed by atoms with E-state index < -0.39 is 0 Å². The summed E-state index contributed by atoms with van der Waals surface area (Å²) in [5.41, 5.74) is 3.41. The van der Waals surface area contributed by atoms with Crippen LogP contribution in [0.5, 0.6) is 5.75 Å². The van der Waals surface area contributed by atoms with Gasteiger partial charge in [-0.2, -0.15) is 0 Å². The van der Waals surface area contributed by atoms with Gasteiger partial charge in [0.05, 0.1) is 6.61 Å². The standard InChI is InChI=1S/C17H23BrO/c18-12-17(9-2-1-3-10-17)13-19-16-8-7-14-5-4-6-15(14)11-16/h7-8,11H,1-6,9-10,12-13H2. The molecule has 0 unspecified atom stereocenters. The molecule has 2 aliphatic carbocycles. The normalized spacial score (nSPS) is 21.1. The van der Waals surface area contributed by atoms with E-state index in [1.165, 1.54) is 62.5 Å². The van der Waals surface area contributed by atoms with Gasteiger partial charge in [-0.1, -0.05) is 41.3 Å². The molecule has 1 aromatic rings. The van der Waals surface area contributed by atoms with Gasteiger partial charge in [0.15, 0.2) is 0 Å². The molecule has 2 heteroatoms. The molecule has 1 saturated carbocycles. The van der Waals surface area contributed by atoms with Crippen LogP contribution in [-0.4, -0.2) is 11.9 Å². The van der Waals surface area contributed by atoms with Crippen LogP contribution in [0.1, 0.15) is 49.7 Å². The van der Waals surface area contributed by atoms with Gasteiger partial charge >= 0.3 is 0 Å². The van der Waals surface area contributed by atoms with Gasteiger partial charge < -0.3 is 4.74 Å². The van der Waals surface area contributed by atoms with E-state index in [9.17, 15) is 0 Å². The van der Waals surface area contributed by atoms with Crippen LogP contribution in [0.15, 0.2) is 18.2 Å². The largest absolute Gasteiger partial charge is 0.493 e. The Labute approximate surface area is 124 Å². The van der Waals surface area contributed by atoms with Gasteiger partial charge in [-0.05, 0) is 55.4 Å². The van der Waals surface area contributed by atoms with Crippen LogP contribution in [0.2, 0.25) is 0 Å². The number of alkyl halides is 1. The van der Waals surface area contributed by atoms with Crippen LogP contribution < -0.4 is 4.74 Å². The lowest BCUT2D eigenvalue weighted by Crippen LogP contribution is -2.32. The summed E-state index contributed by atoms with van der Waals surface area (Å²) in [4.78, 5) is 0. The molecule has 0 saturated heterocycles. The minimum atomic E-state index is 0.372. The number of hydrogen-bond donors (Lipinski definition) is 0. The highest BCUT2D eigenvalue weighted by molar-refractivity contribution is 9.09. The first-order valence-electron chi connectivity index (χ1n) is 7.62. The molecular weight excluding hydrogens is 300 g/mol. The third-order valence-electron chi connectivity index (χ3n) is 4.81. The SMILES string of the molecule is BrCC1(COc2ccc3c(c2)CCC3)CCCCC1. The van der Waals surface area contributed by atoms with Crippen LogP contribution in [0, 0.1) is 5.41 Å². The molecule has 0 atom stereocenters. The predicted octanol–water partition coefficient (Wildman–Crippen LogP) is 4.90. The minimum Gasteiger partial charge on any atom is -0.493 e. The molecule has 3 rings (SSSR count). The monoisotopic (exact) mass is 322 g/mol. The van der Waals surface area contributed by atoms with E-state index >= 15 is 0 Å². The minimum absolute atomic E-state index is 0.372.